The number of benzene rings is 2. The maximum Gasteiger partial charge on any atom is 0.407 e. The number of hydrogen-bond donors (Lipinski definition) is 3. The second-order valence-corrected chi connectivity index (χ2v) is 13.6. The van der Waals surface area contributed by atoms with Crippen LogP contribution in [-0.2, 0) is 30.7 Å². The van der Waals surface area contributed by atoms with Gasteiger partial charge in [0.15, 0.2) is 0 Å². The molecule has 1 heterocycles. The lowest BCUT2D eigenvalue weighted by Gasteiger charge is -2.39. The van der Waals surface area contributed by atoms with Crippen LogP contribution in [0.3, 0.4) is 0 Å². The molecule has 0 unspecified atom stereocenters. The number of alkyl carbamates (subject to hydrolysis) is 1. The van der Waals surface area contributed by atoms with Gasteiger partial charge in [-0.15, -0.1) is 0 Å². The molecule has 1 amide bonds. The van der Waals surface area contributed by atoms with Crippen molar-refractivity contribution in [3.63, 3.8) is 0 Å². The number of sulfonamides is 1. The number of nitrogens with one attached hydrogen (secondary N) is 2. The molecule has 12 heteroatoms. The molecule has 1 fully saturated rings. The smallest absolute Gasteiger partial charge is 0.407 e. The number of hydrogen-bond acceptors (Lipinski definition) is 9. The van der Waals surface area contributed by atoms with Crippen molar-refractivity contribution in [3.05, 3.63) is 59.7 Å². The molecule has 4 N–H and O–H groups in total. The first-order chi connectivity index (χ1) is 20.6. The number of carbonyl (C=O) groups excluding carboxylic acids is 1. The lowest BCUT2D eigenvalue weighted by Crippen LogP contribution is -2.53. The number of ether oxygens (including phenoxy) is 4. The van der Waals surface area contributed by atoms with E-state index in [9.17, 15) is 13.2 Å². The zero-order valence-corrected chi connectivity index (χ0v) is 26.2. The first-order valence-corrected chi connectivity index (χ1v) is 16.5. The van der Waals surface area contributed by atoms with Crippen molar-refractivity contribution in [1.29, 1.82) is 0 Å². The predicted octanol–water partition coefficient (Wildman–Crippen LogP) is 2.99. The lowest BCUT2D eigenvalue weighted by atomic mass is 10.0. The second kappa shape index (κ2) is 15.3. The highest BCUT2D eigenvalue weighted by atomic mass is 32.2. The van der Waals surface area contributed by atoms with E-state index in [-0.39, 0.29) is 36.2 Å². The number of likely N-dealkylation sites (tertiary alicyclic amines) is 1. The summed E-state index contributed by atoms with van der Waals surface area (Å²) in [4.78, 5) is 15.0. The summed E-state index contributed by atoms with van der Waals surface area (Å²) in [6.45, 7) is 9.26. The highest BCUT2D eigenvalue weighted by Crippen LogP contribution is 2.39. The maximum atomic E-state index is 12.8. The van der Waals surface area contributed by atoms with Crippen LogP contribution in [0.5, 0.6) is 5.75 Å². The van der Waals surface area contributed by atoms with E-state index >= 15 is 0 Å². The van der Waals surface area contributed by atoms with Gasteiger partial charge in [-0.3, -0.25) is 4.90 Å². The minimum atomic E-state index is -3.70. The zero-order valence-electron chi connectivity index (χ0n) is 25.4. The number of rotatable bonds is 14. The van der Waals surface area contributed by atoms with Gasteiger partial charge in [0.05, 0.1) is 37.4 Å². The molecule has 0 radical (unpaired) electrons. The number of carbonyl (C=O) groups is 1. The second-order valence-electron chi connectivity index (χ2n) is 11.9. The van der Waals surface area contributed by atoms with Crippen LogP contribution < -0.4 is 20.5 Å². The summed E-state index contributed by atoms with van der Waals surface area (Å²) in [5, 5.41) is 3.04. The molecule has 0 bridgehead atoms. The Bertz CT molecular complexity index is 1280. The highest BCUT2D eigenvalue weighted by Gasteiger charge is 2.40. The molecule has 4 rings (SSSR count). The van der Waals surface area contributed by atoms with Gasteiger partial charge in [0.25, 0.3) is 0 Å². The molecule has 1 aliphatic heterocycles. The van der Waals surface area contributed by atoms with Gasteiger partial charge in [-0.2, -0.15) is 0 Å². The molecule has 43 heavy (non-hydrogen) atoms. The summed E-state index contributed by atoms with van der Waals surface area (Å²) in [5.74, 6) is 0.590. The summed E-state index contributed by atoms with van der Waals surface area (Å²) in [5.41, 5.74) is 7.17. The van der Waals surface area contributed by atoms with Crippen molar-refractivity contribution in [2.24, 2.45) is 5.73 Å². The largest absolute Gasteiger partial charge is 0.484 e. The van der Waals surface area contributed by atoms with E-state index in [1.807, 2.05) is 32.9 Å². The number of fused-ring (bicyclic) bond motifs is 1. The first-order valence-electron chi connectivity index (χ1n) is 15.0. The van der Waals surface area contributed by atoms with E-state index in [1.165, 1.54) is 5.56 Å². The van der Waals surface area contributed by atoms with Crippen LogP contribution in [0.25, 0.3) is 0 Å². The van der Waals surface area contributed by atoms with Crippen molar-refractivity contribution in [2.45, 2.75) is 68.7 Å². The Labute approximate surface area is 255 Å². The van der Waals surface area contributed by atoms with Gasteiger partial charge in [-0.1, -0.05) is 24.3 Å². The Balaban J connectivity index is 1.36. The Kier molecular flexibility index (Phi) is 11.8. The van der Waals surface area contributed by atoms with Gasteiger partial charge in [0.1, 0.15) is 17.5 Å². The molecule has 3 atom stereocenters. The van der Waals surface area contributed by atoms with Gasteiger partial charge in [0.2, 0.25) is 10.0 Å². The average molecular weight is 619 g/mol. The Morgan fingerprint density at radius 3 is 2.47 bits per heavy atom. The molecule has 0 spiro atoms. The van der Waals surface area contributed by atoms with E-state index in [1.54, 1.807) is 24.3 Å². The fourth-order valence-electron chi connectivity index (χ4n) is 5.48. The fourth-order valence-corrected chi connectivity index (χ4v) is 6.49. The van der Waals surface area contributed by atoms with Gasteiger partial charge in [-0.05, 0) is 82.0 Å². The summed E-state index contributed by atoms with van der Waals surface area (Å²) in [6.07, 6.45) is 2.04. The zero-order chi connectivity index (χ0) is 30.9. The third kappa shape index (κ3) is 9.88. The molecule has 238 valence electrons. The molecule has 2 aromatic rings. The minimum absolute atomic E-state index is 0.0140. The molecule has 0 saturated carbocycles. The van der Waals surface area contributed by atoms with E-state index in [2.05, 4.69) is 27.1 Å². The third-order valence-corrected chi connectivity index (χ3v) is 8.83. The summed E-state index contributed by atoms with van der Waals surface area (Å²) in [6, 6.07) is 14.8. The van der Waals surface area contributed by atoms with Crippen LogP contribution in [0.2, 0.25) is 0 Å². The van der Waals surface area contributed by atoms with Crippen molar-refractivity contribution in [2.75, 3.05) is 52.6 Å². The molecule has 2 aromatic carbocycles. The number of nitrogens with zero attached hydrogens (tertiary/aromatic N) is 1. The Hall–Kier alpha value is -2.74. The summed E-state index contributed by atoms with van der Waals surface area (Å²) in [7, 11) is -3.70. The van der Waals surface area contributed by atoms with Crippen LogP contribution in [0, 0.1) is 0 Å². The van der Waals surface area contributed by atoms with E-state index in [0.717, 1.165) is 31.4 Å². The van der Waals surface area contributed by atoms with E-state index < -0.39 is 21.7 Å². The first kappa shape index (κ1) is 33.2. The molecular weight excluding hydrogens is 572 g/mol. The number of nitrogens with two attached hydrogens (primary N) is 1. The van der Waals surface area contributed by atoms with Crippen molar-refractivity contribution in [1.82, 2.24) is 14.9 Å². The SMILES string of the molecule is CC(C)(C)OC(=O)N[C@@H]1CCCN([C@H]2Cc3ccccc3[C@@H]2Oc2ccc(S(=O)(=O)NCCOCCOCCN)cc2)C1. The predicted molar refractivity (Wildman–Crippen MR) is 164 cm³/mol. The highest BCUT2D eigenvalue weighted by molar-refractivity contribution is 7.89. The molecule has 1 saturated heterocycles. The van der Waals surface area contributed by atoms with Crippen molar-refractivity contribution < 1.29 is 32.2 Å². The Morgan fingerprint density at radius 2 is 1.74 bits per heavy atom. The van der Waals surface area contributed by atoms with Crippen molar-refractivity contribution in [3.8, 4) is 5.75 Å². The van der Waals surface area contributed by atoms with E-state index in [0.29, 0.717) is 38.7 Å². The molecule has 0 aromatic heterocycles. The monoisotopic (exact) mass is 618 g/mol. The van der Waals surface area contributed by atoms with Crippen LogP contribution in [0.15, 0.2) is 53.4 Å². The van der Waals surface area contributed by atoms with Gasteiger partial charge >= 0.3 is 6.09 Å². The molecular formula is C31H46N4O7S. The third-order valence-electron chi connectivity index (χ3n) is 7.35. The summed E-state index contributed by atoms with van der Waals surface area (Å²) >= 11 is 0. The molecule has 1 aliphatic carbocycles. The maximum absolute atomic E-state index is 12.8. The standard InChI is InChI=1S/C31H46N4O7S/c1-31(2,3)42-30(36)34-24-8-6-16-35(22-24)28-21-23-7-4-5-9-27(23)29(28)41-25-10-12-26(13-11-25)43(37,38)33-15-18-40-20-19-39-17-14-32/h4-5,7,9-13,24,28-29,33H,6,8,14-22,32H2,1-3H3,(H,34,36)/t24-,28+,29+/m1/s1. The van der Waals surface area contributed by atoms with Crippen LogP contribution in [0.4, 0.5) is 4.79 Å². The van der Waals surface area contributed by atoms with Gasteiger partial charge < -0.3 is 30.0 Å². The van der Waals surface area contributed by atoms with Crippen LogP contribution >= 0.6 is 0 Å². The normalized spacial score (nSPS) is 20.9. The topological polar surface area (TPSA) is 141 Å². The van der Waals surface area contributed by atoms with Gasteiger partial charge in [-0.25, -0.2) is 17.9 Å². The van der Waals surface area contributed by atoms with Crippen molar-refractivity contribution >= 4 is 16.1 Å². The fraction of sp³-hybridized carbons (Fsp3) is 0.581. The Morgan fingerprint density at radius 1 is 1.02 bits per heavy atom. The van der Waals surface area contributed by atoms with E-state index in [4.69, 9.17) is 24.7 Å². The molecule has 11 nitrogen and oxygen atoms in total. The number of piperidine rings is 1. The minimum Gasteiger partial charge on any atom is -0.484 e. The molecule has 2 aliphatic rings. The number of amides is 1. The van der Waals surface area contributed by atoms with Crippen LogP contribution in [-0.4, -0.2) is 89.7 Å². The quantitative estimate of drug-likeness (QED) is 0.273. The summed E-state index contributed by atoms with van der Waals surface area (Å²) < 4.78 is 50.8. The van der Waals surface area contributed by atoms with Crippen LogP contribution in [0.1, 0.15) is 50.8 Å². The van der Waals surface area contributed by atoms with Gasteiger partial charge in [0, 0.05) is 25.7 Å². The average Bonchev–Trinajstić information content (AvgIpc) is 3.32. The lowest BCUT2D eigenvalue weighted by molar-refractivity contribution is 0.0362.